The number of carbonyl (C=O) groups is 2. The van der Waals surface area contributed by atoms with E-state index in [0.717, 1.165) is 28.3 Å². The number of unbranched alkanes of at least 4 members (excludes halogenated alkanes) is 1. The van der Waals surface area contributed by atoms with E-state index in [9.17, 15) is 18.0 Å². The van der Waals surface area contributed by atoms with Crippen LogP contribution in [-0.2, 0) is 26.2 Å². The molecule has 3 aromatic carbocycles. The van der Waals surface area contributed by atoms with Gasteiger partial charge in [0.25, 0.3) is 10.0 Å². The Kier molecular flexibility index (Phi) is 10.8. The molecule has 208 valence electrons. The predicted molar refractivity (Wildman–Crippen MR) is 157 cm³/mol. The number of carbonyl (C=O) groups excluding carboxylic acids is 2. The van der Waals surface area contributed by atoms with Gasteiger partial charge in [0, 0.05) is 13.1 Å². The monoisotopic (exact) mass is 589 g/mol. The molecule has 0 aliphatic rings. The molecule has 0 heterocycles. The van der Waals surface area contributed by atoms with Crippen molar-refractivity contribution >= 4 is 50.7 Å². The molecule has 39 heavy (non-hydrogen) atoms. The molecular weight excluding hydrogens is 557 g/mol. The second-order valence-electron chi connectivity index (χ2n) is 9.17. The summed E-state index contributed by atoms with van der Waals surface area (Å²) in [6.07, 6.45) is 1.72. The van der Waals surface area contributed by atoms with Gasteiger partial charge >= 0.3 is 0 Å². The van der Waals surface area contributed by atoms with Crippen molar-refractivity contribution in [2.45, 2.75) is 51.1 Å². The summed E-state index contributed by atoms with van der Waals surface area (Å²) in [5.41, 5.74) is 1.86. The van der Waals surface area contributed by atoms with Gasteiger partial charge in [-0.15, -0.1) is 0 Å². The zero-order valence-electron chi connectivity index (χ0n) is 22.2. The number of nitrogens with zero attached hydrogens (tertiary/aromatic N) is 2. The molecule has 0 fully saturated rings. The lowest BCUT2D eigenvalue weighted by Crippen LogP contribution is -2.51. The molecule has 3 aromatic rings. The van der Waals surface area contributed by atoms with Crippen LogP contribution >= 0.6 is 23.2 Å². The van der Waals surface area contributed by atoms with Crippen LogP contribution in [0.25, 0.3) is 0 Å². The minimum absolute atomic E-state index is 0.00211. The van der Waals surface area contributed by atoms with Crippen molar-refractivity contribution in [3.05, 3.63) is 94.0 Å². The largest absolute Gasteiger partial charge is 0.354 e. The van der Waals surface area contributed by atoms with Gasteiger partial charge in [0.2, 0.25) is 11.8 Å². The molecule has 7 nitrogen and oxygen atoms in total. The van der Waals surface area contributed by atoms with Gasteiger partial charge in [-0.1, -0.05) is 85.1 Å². The first-order valence-electron chi connectivity index (χ1n) is 12.7. The summed E-state index contributed by atoms with van der Waals surface area (Å²) in [5.74, 6) is -0.879. The lowest BCUT2D eigenvalue weighted by atomic mass is 10.1. The van der Waals surface area contributed by atoms with Gasteiger partial charge in [0.05, 0.1) is 20.6 Å². The van der Waals surface area contributed by atoms with Crippen LogP contribution in [0.5, 0.6) is 0 Å². The third kappa shape index (κ3) is 7.53. The Bertz CT molecular complexity index is 1400. The van der Waals surface area contributed by atoms with E-state index < -0.39 is 28.5 Å². The quantitative estimate of drug-likeness (QED) is 0.269. The third-order valence-corrected chi connectivity index (χ3v) is 8.99. The van der Waals surface area contributed by atoms with E-state index >= 15 is 0 Å². The Morgan fingerprint density at radius 1 is 0.949 bits per heavy atom. The Hall–Kier alpha value is -3.07. The molecule has 0 aromatic heterocycles. The topological polar surface area (TPSA) is 86.8 Å². The van der Waals surface area contributed by atoms with Gasteiger partial charge in [-0.3, -0.25) is 13.9 Å². The highest BCUT2D eigenvalue weighted by Crippen LogP contribution is 2.35. The summed E-state index contributed by atoms with van der Waals surface area (Å²) in [7, 11) is -4.22. The van der Waals surface area contributed by atoms with Gasteiger partial charge in [0.1, 0.15) is 12.6 Å². The van der Waals surface area contributed by atoms with Gasteiger partial charge < -0.3 is 10.2 Å². The first kappa shape index (κ1) is 30.5. The maximum Gasteiger partial charge on any atom is 0.264 e. The number of benzene rings is 3. The highest BCUT2D eigenvalue weighted by molar-refractivity contribution is 7.92. The molecule has 0 unspecified atom stereocenters. The van der Waals surface area contributed by atoms with E-state index in [0.29, 0.717) is 6.54 Å². The minimum Gasteiger partial charge on any atom is -0.354 e. The number of aryl methyl sites for hydroxylation is 1. The molecule has 3 rings (SSSR count). The van der Waals surface area contributed by atoms with E-state index in [1.807, 2.05) is 38.1 Å². The van der Waals surface area contributed by atoms with Crippen LogP contribution < -0.4 is 9.62 Å². The molecule has 0 spiro atoms. The molecule has 0 saturated carbocycles. The van der Waals surface area contributed by atoms with Gasteiger partial charge in [0.15, 0.2) is 0 Å². The van der Waals surface area contributed by atoms with Crippen LogP contribution in [0, 0.1) is 6.92 Å². The lowest BCUT2D eigenvalue weighted by Gasteiger charge is -2.32. The summed E-state index contributed by atoms with van der Waals surface area (Å²) in [6, 6.07) is 19.1. The zero-order chi connectivity index (χ0) is 28.6. The highest BCUT2D eigenvalue weighted by Gasteiger charge is 2.33. The van der Waals surface area contributed by atoms with Crippen molar-refractivity contribution < 1.29 is 18.0 Å². The summed E-state index contributed by atoms with van der Waals surface area (Å²) in [4.78, 5) is 28.4. The molecule has 0 bridgehead atoms. The fourth-order valence-corrected chi connectivity index (χ4v) is 5.90. The fraction of sp³-hybridized carbons (Fsp3) is 0.310. The van der Waals surface area contributed by atoms with Crippen molar-refractivity contribution in [1.82, 2.24) is 10.2 Å². The van der Waals surface area contributed by atoms with Crippen molar-refractivity contribution in [2.24, 2.45) is 0 Å². The van der Waals surface area contributed by atoms with Crippen LogP contribution in [-0.4, -0.2) is 44.3 Å². The molecule has 0 aliphatic carbocycles. The smallest absolute Gasteiger partial charge is 0.264 e. The van der Waals surface area contributed by atoms with E-state index in [1.165, 1.54) is 29.2 Å². The number of hydrogen-bond donors (Lipinski definition) is 1. The average Bonchev–Trinajstić information content (AvgIpc) is 2.93. The van der Waals surface area contributed by atoms with Crippen LogP contribution in [0.15, 0.2) is 77.7 Å². The van der Waals surface area contributed by atoms with Crippen LogP contribution in [0.1, 0.15) is 37.8 Å². The van der Waals surface area contributed by atoms with E-state index in [1.54, 1.807) is 31.2 Å². The van der Waals surface area contributed by atoms with Crippen molar-refractivity contribution in [3.8, 4) is 0 Å². The second-order valence-corrected chi connectivity index (χ2v) is 11.8. The maximum atomic E-state index is 14.0. The summed E-state index contributed by atoms with van der Waals surface area (Å²) in [6.45, 7) is 5.60. The Balaban J connectivity index is 2.04. The maximum absolute atomic E-state index is 14.0. The third-order valence-electron chi connectivity index (χ3n) is 6.41. The second kappa shape index (κ2) is 13.8. The summed E-state index contributed by atoms with van der Waals surface area (Å²) < 4.78 is 28.6. The molecule has 0 radical (unpaired) electrons. The zero-order valence-corrected chi connectivity index (χ0v) is 24.6. The number of hydrogen-bond acceptors (Lipinski definition) is 4. The normalized spacial score (nSPS) is 12.0. The van der Waals surface area contributed by atoms with Gasteiger partial charge in [-0.2, -0.15) is 0 Å². The lowest BCUT2D eigenvalue weighted by molar-refractivity contribution is -0.139. The number of amides is 2. The van der Waals surface area contributed by atoms with Crippen molar-refractivity contribution in [3.63, 3.8) is 0 Å². The molecule has 1 N–H and O–H groups in total. The fourth-order valence-electron chi connectivity index (χ4n) is 4.01. The standard InChI is InChI=1S/C29H33Cl2N3O4S/c1-4-5-18-32-29(36)22(3)33(19-23-13-10-9-12-21(23)2)27(35)20-34(26-17-11-16-25(30)28(26)31)39(37,38)24-14-7-6-8-15-24/h6-17,22H,4-5,18-20H2,1-3H3,(H,32,36)/t22-/m0/s1. The molecule has 0 aliphatic heterocycles. The number of halogens is 2. The average molecular weight is 591 g/mol. The Morgan fingerprint density at radius 3 is 2.28 bits per heavy atom. The molecular formula is C29H33Cl2N3O4S. The van der Waals surface area contributed by atoms with Crippen molar-refractivity contribution in [1.29, 1.82) is 0 Å². The minimum atomic E-state index is -4.22. The summed E-state index contributed by atoms with van der Waals surface area (Å²) >= 11 is 12.7. The SMILES string of the molecule is CCCCNC(=O)[C@H](C)N(Cc1ccccc1C)C(=O)CN(c1cccc(Cl)c1Cl)S(=O)(=O)c1ccccc1. The van der Waals surface area contributed by atoms with E-state index in [-0.39, 0.29) is 33.1 Å². The van der Waals surface area contributed by atoms with Crippen LogP contribution in [0.4, 0.5) is 5.69 Å². The summed E-state index contributed by atoms with van der Waals surface area (Å²) in [5, 5.41) is 3.02. The molecule has 2 amide bonds. The first-order valence-corrected chi connectivity index (χ1v) is 14.9. The Labute approximate surface area is 240 Å². The van der Waals surface area contributed by atoms with Gasteiger partial charge in [-0.05, 0) is 55.7 Å². The number of nitrogens with one attached hydrogen (secondary N) is 1. The number of rotatable bonds is 12. The molecule has 0 saturated heterocycles. The predicted octanol–water partition coefficient (Wildman–Crippen LogP) is 5.83. The highest BCUT2D eigenvalue weighted by atomic mass is 35.5. The Morgan fingerprint density at radius 2 is 1.62 bits per heavy atom. The van der Waals surface area contributed by atoms with E-state index in [2.05, 4.69) is 5.32 Å². The van der Waals surface area contributed by atoms with Gasteiger partial charge in [-0.25, -0.2) is 8.42 Å². The number of sulfonamides is 1. The van der Waals surface area contributed by atoms with Crippen LogP contribution in [0.3, 0.4) is 0 Å². The van der Waals surface area contributed by atoms with Crippen molar-refractivity contribution in [2.75, 3.05) is 17.4 Å². The molecule has 1 atom stereocenters. The first-order chi connectivity index (χ1) is 18.6. The molecule has 10 heteroatoms. The van der Waals surface area contributed by atoms with E-state index in [4.69, 9.17) is 23.2 Å². The van der Waals surface area contributed by atoms with Crippen LogP contribution in [0.2, 0.25) is 10.0 Å². The number of anilines is 1.